The largest absolute Gasteiger partial charge is 0.383 e. The molecule has 0 amide bonds. The van der Waals surface area contributed by atoms with Crippen LogP contribution < -0.4 is 11.2 Å². The number of H-pyrrole nitrogens is 1. The first-order valence-corrected chi connectivity index (χ1v) is 9.54. The smallest absolute Gasteiger partial charge is 0.141 e. The second-order valence-corrected chi connectivity index (χ2v) is 7.38. The number of piperidine rings is 1. The Morgan fingerprint density at radius 3 is 2.88 bits per heavy atom. The topological polar surface area (TPSA) is 69.4 Å². The maximum absolute atomic E-state index is 6.14. The molecule has 0 saturated carbocycles. The summed E-state index contributed by atoms with van der Waals surface area (Å²) in [5.74, 6) is 1.17. The van der Waals surface area contributed by atoms with Gasteiger partial charge in [-0.05, 0) is 61.0 Å². The minimum Gasteiger partial charge on any atom is -0.383 e. The molecule has 4 N–H and O–H groups in total. The first-order chi connectivity index (χ1) is 12.2. The second-order valence-electron chi connectivity index (χ2n) is 6.43. The van der Waals surface area contributed by atoms with Crippen LogP contribution in [0.2, 0.25) is 0 Å². The second kappa shape index (κ2) is 7.00. The van der Waals surface area contributed by atoms with Gasteiger partial charge in [-0.1, -0.05) is 6.07 Å². The first-order valence-electron chi connectivity index (χ1n) is 8.66. The zero-order valence-corrected chi connectivity index (χ0v) is 15.1. The summed E-state index contributed by atoms with van der Waals surface area (Å²) in [6.45, 7) is 2.16. The molecule has 0 spiro atoms. The van der Waals surface area contributed by atoms with Crippen LogP contribution in [0, 0.1) is 0 Å². The molecule has 1 aromatic carbocycles. The van der Waals surface area contributed by atoms with E-state index >= 15 is 0 Å². The van der Waals surface area contributed by atoms with Crippen molar-refractivity contribution in [2.45, 2.75) is 18.8 Å². The Bertz CT molecular complexity index is 873. The highest BCUT2D eigenvalue weighted by Gasteiger charge is 2.22. The lowest BCUT2D eigenvalue weighted by atomic mass is 9.89. The zero-order valence-electron chi connectivity index (χ0n) is 14.3. The van der Waals surface area contributed by atoms with Crippen LogP contribution >= 0.6 is 11.3 Å². The van der Waals surface area contributed by atoms with Crippen molar-refractivity contribution in [3.05, 3.63) is 52.3 Å². The minimum absolute atomic E-state index is 0.578. The molecule has 1 aliphatic rings. The van der Waals surface area contributed by atoms with E-state index in [1.165, 1.54) is 29.3 Å². The fraction of sp³-hybridized carbons (Fsp3) is 0.316. The Kier molecular flexibility index (Phi) is 4.57. The predicted molar refractivity (Wildman–Crippen MR) is 106 cm³/mol. The predicted octanol–water partition coefficient (Wildman–Crippen LogP) is 3.58. The van der Waals surface area contributed by atoms with E-state index in [1.807, 2.05) is 30.6 Å². The number of aliphatic imine (C=N–C) groups is 1. The number of aromatic nitrogens is 1. The van der Waals surface area contributed by atoms with Crippen molar-refractivity contribution in [3.8, 4) is 0 Å². The monoisotopic (exact) mass is 353 g/mol. The number of benzene rings is 1. The normalized spacial score (nSPS) is 17.4. The highest BCUT2D eigenvalue weighted by molar-refractivity contribution is 7.12. The third kappa shape index (κ3) is 3.33. The number of nitrogens with one attached hydrogen (secondary N) is 2. The first kappa shape index (κ1) is 16.3. The van der Waals surface area contributed by atoms with Gasteiger partial charge in [0.2, 0.25) is 0 Å². The van der Waals surface area contributed by atoms with E-state index in [0.29, 0.717) is 11.8 Å². The van der Waals surface area contributed by atoms with E-state index in [0.717, 1.165) is 23.7 Å². The van der Waals surface area contributed by atoms with Gasteiger partial charge in [0.1, 0.15) is 5.84 Å². The molecule has 4 rings (SSSR count). The van der Waals surface area contributed by atoms with Crippen LogP contribution in [0.4, 0.5) is 5.69 Å². The van der Waals surface area contributed by atoms with Crippen LogP contribution in [-0.2, 0) is 0 Å². The van der Waals surface area contributed by atoms with Gasteiger partial charge in [0, 0.05) is 30.2 Å². The molecule has 130 valence electrons. The number of amidine groups is 1. The van der Waals surface area contributed by atoms with E-state index in [-0.39, 0.29) is 0 Å². The van der Waals surface area contributed by atoms with Crippen molar-refractivity contribution in [2.75, 3.05) is 20.1 Å². The highest BCUT2D eigenvalue weighted by atomic mass is 32.1. The number of hydrazine groups is 1. The molecule has 1 aliphatic heterocycles. The third-order valence-electron chi connectivity index (χ3n) is 4.97. The van der Waals surface area contributed by atoms with Crippen molar-refractivity contribution in [3.63, 3.8) is 0 Å². The average Bonchev–Trinajstić information content (AvgIpc) is 3.31. The summed E-state index contributed by atoms with van der Waals surface area (Å²) < 4.78 is 0. The van der Waals surface area contributed by atoms with Crippen LogP contribution in [-0.4, -0.2) is 36.0 Å². The maximum Gasteiger partial charge on any atom is 0.141 e. The van der Waals surface area contributed by atoms with Crippen LogP contribution in [0.3, 0.4) is 0 Å². The highest BCUT2D eigenvalue weighted by Crippen LogP contribution is 2.34. The number of nitrogens with zero attached hydrogens (tertiary/aromatic N) is 2. The number of nitrogens with two attached hydrogens (primary N) is 1. The summed E-state index contributed by atoms with van der Waals surface area (Å²) in [5, 5.41) is 5.56. The molecule has 0 bridgehead atoms. The molecule has 25 heavy (non-hydrogen) atoms. The fourth-order valence-electron chi connectivity index (χ4n) is 3.57. The third-order valence-corrected chi connectivity index (χ3v) is 5.86. The molecule has 3 heterocycles. The molecule has 0 atom stereocenters. The van der Waals surface area contributed by atoms with Crippen LogP contribution in [0.25, 0.3) is 10.9 Å². The fourth-order valence-corrected chi connectivity index (χ4v) is 4.20. The summed E-state index contributed by atoms with van der Waals surface area (Å²) in [5.41, 5.74) is 12.9. The molecule has 1 fully saturated rings. The van der Waals surface area contributed by atoms with Gasteiger partial charge in [-0.25, -0.2) is 10.0 Å². The standard InChI is InChI=1S/C19H23N5S/c1-21-24-8-6-13(7-9-24)16-12-22-17-5-4-14(11-15(16)17)23-19(20)18-3-2-10-25-18/h2-5,10-13,21-22H,6-9H2,1H3,(H2,20,23). The quantitative estimate of drug-likeness (QED) is 0.496. The lowest BCUT2D eigenvalue weighted by molar-refractivity contribution is 0.159. The Hall–Kier alpha value is -2.15. The molecule has 3 aromatic rings. The van der Waals surface area contributed by atoms with Crippen molar-refractivity contribution in [1.29, 1.82) is 0 Å². The maximum atomic E-state index is 6.14. The van der Waals surface area contributed by atoms with Crippen molar-refractivity contribution < 1.29 is 0 Å². The van der Waals surface area contributed by atoms with Gasteiger partial charge in [0.05, 0.1) is 10.6 Å². The lowest BCUT2D eigenvalue weighted by Gasteiger charge is -2.31. The van der Waals surface area contributed by atoms with Crippen LogP contribution in [0.5, 0.6) is 0 Å². The van der Waals surface area contributed by atoms with Crippen molar-refractivity contribution in [2.24, 2.45) is 10.7 Å². The zero-order chi connectivity index (χ0) is 17.2. The van der Waals surface area contributed by atoms with E-state index in [4.69, 9.17) is 5.73 Å². The molecule has 0 aliphatic carbocycles. The molecule has 0 radical (unpaired) electrons. The molecule has 1 saturated heterocycles. The van der Waals surface area contributed by atoms with E-state index < -0.39 is 0 Å². The Morgan fingerprint density at radius 1 is 1.32 bits per heavy atom. The number of aromatic amines is 1. The average molecular weight is 353 g/mol. The van der Waals surface area contributed by atoms with Crippen LogP contribution in [0.1, 0.15) is 29.2 Å². The van der Waals surface area contributed by atoms with Gasteiger partial charge < -0.3 is 10.7 Å². The summed E-state index contributed by atoms with van der Waals surface area (Å²) in [6, 6.07) is 10.3. The molecule has 2 aromatic heterocycles. The number of hydrogen-bond donors (Lipinski definition) is 3. The molecule has 5 nitrogen and oxygen atoms in total. The van der Waals surface area contributed by atoms with E-state index in [9.17, 15) is 0 Å². The van der Waals surface area contributed by atoms with Gasteiger partial charge in [0.25, 0.3) is 0 Å². The van der Waals surface area contributed by atoms with Crippen LogP contribution in [0.15, 0.2) is 46.9 Å². The van der Waals surface area contributed by atoms with E-state index in [1.54, 1.807) is 11.3 Å². The number of hydrogen-bond acceptors (Lipinski definition) is 4. The molecular weight excluding hydrogens is 330 g/mol. The van der Waals surface area contributed by atoms with Gasteiger partial charge in [-0.2, -0.15) is 0 Å². The number of rotatable bonds is 4. The molecule has 6 heteroatoms. The van der Waals surface area contributed by atoms with Crippen molar-refractivity contribution >= 4 is 33.8 Å². The summed E-state index contributed by atoms with van der Waals surface area (Å²) in [7, 11) is 1.99. The van der Waals surface area contributed by atoms with Crippen molar-refractivity contribution in [1.82, 2.24) is 15.4 Å². The SMILES string of the molecule is CNN1CCC(c2c[nH]c3ccc(N=C(N)c4cccs4)cc23)CC1. The summed E-state index contributed by atoms with van der Waals surface area (Å²) >= 11 is 1.61. The van der Waals surface area contributed by atoms with Gasteiger partial charge >= 0.3 is 0 Å². The summed E-state index contributed by atoms with van der Waals surface area (Å²) in [6.07, 6.45) is 4.50. The van der Waals surface area contributed by atoms with E-state index in [2.05, 4.69) is 38.7 Å². The minimum atomic E-state index is 0.578. The summed E-state index contributed by atoms with van der Waals surface area (Å²) in [4.78, 5) is 9.04. The van der Waals surface area contributed by atoms with Gasteiger partial charge in [-0.3, -0.25) is 5.43 Å². The Morgan fingerprint density at radius 2 is 2.16 bits per heavy atom. The lowest BCUT2D eigenvalue weighted by Crippen LogP contribution is -2.40. The molecular formula is C19H23N5S. The Labute approximate surface area is 151 Å². The number of fused-ring (bicyclic) bond motifs is 1. The molecule has 0 unspecified atom stereocenters. The Balaban J connectivity index is 1.63. The number of thiophene rings is 1. The van der Waals surface area contributed by atoms with Gasteiger partial charge in [0.15, 0.2) is 0 Å². The van der Waals surface area contributed by atoms with Gasteiger partial charge in [-0.15, -0.1) is 11.3 Å².